The van der Waals surface area contributed by atoms with E-state index in [9.17, 15) is 4.79 Å². The Bertz CT molecular complexity index is 885. The Hall–Kier alpha value is -2.25. The number of rotatable bonds is 8. The van der Waals surface area contributed by atoms with Crippen LogP contribution in [0.2, 0.25) is 0 Å². The third kappa shape index (κ3) is 3.72. The predicted octanol–water partition coefficient (Wildman–Crippen LogP) is 3.41. The first-order valence-electron chi connectivity index (χ1n) is 8.11. The van der Waals surface area contributed by atoms with Gasteiger partial charge in [-0.2, -0.15) is 0 Å². The van der Waals surface area contributed by atoms with Crippen molar-refractivity contribution in [3.05, 3.63) is 40.8 Å². The summed E-state index contributed by atoms with van der Waals surface area (Å²) in [7, 11) is 1.69. The van der Waals surface area contributed by atoms with E-state index in [2.05, 4.69) is 14.5 Å². The number of ether oxygens (including phenoxy) is 2. The Kier molecular flexibility index (Phi) is 5.45. The van der Waals surface area contributed by atoms with Crippen LogP contribution in [-0.2, 0) is 11.3 Å². The van der Waals surface area contributed by atoms with Crippen LogP contribution in [0.15, 0.2) is 23.8 Å². The van der Waals surface area contributed by atoms with Crippen molar-refractivity contribution in [3.63, 3.8) is 0 Å². The molecule has 25 heavy (non-hydrogen) atoms. The average molecular weight is 359 g/mol. The molecule has 0 aliphatic rings. The summed E-state index contributed by atoms with van der Waals surface area (Å²) in [4.78, 5) is 21.8. The highest BCUT2D eigenvalue weighted by Crippen LogP contribution is 2.25. The molecule has 3 rings (SSSR count). The number of carbonyl (C=O) groups excluding carboxylic acids is 1. The summed E-state index contributed by atoms with van der Waals surface area (Å²) in [5.41, 5.74) is 2.73. The molecule has 0 N–H and O–H groups in total. The van der Waals surface area contributed by atoms with E-state index in [-0.39, 0.29) is 12.4 Å². The highest BCUT2D eigenvalue weighted by molar-refractivity contribution is 7.16. The molecule has 0 fully saturated rings. The highest BCUT2D eigenvalue weighted by Gasteiger charge is 2.17. The molecule has 0 unspecified atom stereocenters. The van der Waals surface area contributed by atoms with Crippen LogP contribution in [0.1, 0.15) is 28.2 Å². The molecule has 0 aliphatic heterocycles. The van der Waals surface area contributed by atoms with Gasteiger partial charge >= 0.3 is 0 Å². The number of thiophene rings is 1. The second kappa shape index (κ2) is 7.76. The summed E-state index contributed by atoms with van der Waals surface area (Å²) < 4.78 is 12.9. The molecule has 132 valence electrons. The molecule has 0 bridgehead atoms. The van der Waals surface area contributed by atoms with Crippen molar-refractivity contribution >= 4 is 27.3 Å². The van der Waals surface area contributed by atoms with Crippen LogP contribution >= 0.6 is 11.3 Å². The van der Waals surface area contributed by atoms with E-state index in [0.717, 1.165) is 34.6 Å². The minimum absolute atomic E-state index is 0.0374. The number of fused-ring (bicyclic) bond motifs is 1. The number of hydrogen-bond acceptors (Lipinski definition) is 6. The Balaban J connectivity index is 1.71. The van der Waals surface area contributed by atoms with Crippen molar-refractivity contribution in [1.82, 2.24) is 14.5 Å². The van der Waals surface area contributed by atoms with Crippen molar-refractivity contribution in [2.24, 2.45) is 0 Å². The minimum atomic E-state index is -0.0481. The Morgan fingerprint density at radius 1 is 1.32 bits per heavy atom. The van der Waals surface area contributed by atoms with Gasteiger partial charge in [-0.15, -0.1) is 11.3 Å². The van der Waals surface area contributed by atoms with E-state index in [4.69, 9.17) is 9.47 Å². The van der Waals surface area contributed by atoms with Crippen LogP contribution in [-0.4, -0.2) is 40.6 Å². The zero-order valence-corrected chi connectivity index (χ0v) is 15.4. The van der Waals surface area contributed by atoms with Gasteiger partial charge in [-0.25, -0.2) is 9.97 Å². The van der Waals surface area contributed by atoms with Gasteiger partial charge in [0.2, 0.25) is 11.7 Å². The lowest BCUT2D eigenvalue weighted by Crippen LogP contribution is -2.14. The van der Waals surface area contributed by atoms with Gasteiger partial charge in [-0.05, 0) is 37.8 Å². The summed E-state index contributed by atoms with van der Waals surface area (Å²) in [6, 6.07) is 3.83. The van der Waals surface area contributed by atoms with Crippen molar-refractivity contribution in [2.75, 3.05) is 20.3 Å². The fourth-order valence-corrected chi connectivity index (χ4v) is 3.61. The maximum Gasteiger partial charge on any atom is 0.225 e. The SMILES string of the molecule is COCCCn1c(C)cc(C(=O)COc2ncnc3sccc23)c1C. The highest BCUT2D eigenvalue weighted by atomic mass is 32.1. The fraction of sp³-hybridized carbons (Fsp3) is 0.389. The van der Waals surface area contributed by atoms with E-state index in [1.54, 1.807) is 7.11 Å². The Morgan fingerprint density at radius 2 is 2.16 bits per heavy atom. The van der Waals surface area contributed by atoms with Crippen LogP contribution < -0.4 is 4.74 Å². The first kappa shape index (κ1) is 17.6. The average Bonchev–Trinajstić information content (AvgIpc) is 3.19. The van der Waals surface area contributed by atoms with Crippen molar-refractivity contribution in [3.8, 4) is 5.88 Å². The molecule has 3 aromatic rings. The summed E-state index contributed by atoms with van der Waals surface area (Å²) >= 11 is 1.52. The van der Waals surface area contributed by atoms with Crippen molar-refractivity contribution in [2.45, 2.75) is 26.8 Å². The number of Topliss-reactive ketones (excluding diaryl/α,β-unsaturated/α-hetero) is 1. The lowest BCUT2D eigenvalue weighted by Gasteiger charge is -2.09. The molecule has 7 heteroatoms. The first-order valence-corrected chi connectivity index (χ1v) is 8.99. The van der Waals surface area contributed by atoms with Crippen molar-refractivity contribution in [1.29, 1.82) is 0 Å². The van der Waals surface area contributed by atoms with Gasteiger partial charge < -0.3 is 14.0 Å². The maximum absolute atomic E-state index is 12.6. The third-order valence-electron chi connectivity index (χ3n) is 4.17. The van der Waals surface area contributed by atoms with Gasteiger partial charge in [0.15, 0.2) is 6.61 Å². The number of methoxy groups -OCH3 is 1. The van der Waals surface area contributed by atoms with Crippen LogP contribution in [0.25, 0.3) is 10.2 Å². The van der Waals surface area contributed by atoms with Gasteiger partial charge in [-0.1, -0.05) is 0 Å². The largest absolute Gasteiger partial charge is 0.469 e. The number of hydrogen-bond donors (Lipinski definition) is 0. The van der Waals surface area contributed by atoms with Crippen LogP contribution in [0, 0.1) is 13.8 Å². The Labute approximate surface area is 150 Å². The molecule has 0 spiro atoms. The summed E-state index contributed by atoms with van der Waals surface area (Å²) in [5, 5.41) is 2.77. The Morgan fingerprint density at radius 3 is 2.96 bits per heavy atom. The molecule has 3 aromatic heterocycles. The van der Waals surface area contributed by atoms with Crippen molar-refractivity contribution < 1.29 is 14.3 Å². The van der Waals surface area contributed by atoms with Crippen LogP contribution in [0.3, 0.4) is 0 Å². The monoisotopic (exact) mass is 359 g/mol. The van der Waals surface area contributed by atoms with Gasteiger partial charge in [0.05, 0.1) is 5.39 Å². The quantitative estimate of drug-likeness (QED) is 0.455. The molecule has 0 atom stereocenters. The normalized spacial score (nSPS) is 11.2. The predicted molar refractivity (Wildman–Crippen MR) is 97.6 cm³/mol. The lowest BCUT2D eigenvalue weighted by atomic mass is 10.1. The van der Waals surface area contributed by atoms with E-state index in [1.807, 2.05) is 31.4 Å². The van der Waals surface area contributed by atoms with Gasteiger partial charge in [0, 0.05) is 37.2 Å². The molecular formula is C18H21N3O3S. The topological polar surface area (TPSA) is 66.2 Å². The molecule has 0 aromatic carbocycles. The molecule has 3 heterocycles. The molecular weight excluding hydrogens is 338 g/mol. The second-order valence-corrected chi connectivity index (χ2v) is 6.71. The molecule has 0 aliphatic carbocycles. The first-order chi connectivity index (χ1) is 12.1. The molecule has 6 nitrogen and oxygen atoms in total. The third-order valence-corrected chi connectivity index (χ3v) is 4.99. The van der Waals surface area contributed by atoms with E-state index >= 15 is 0 Å². The van der Waals surface area contributed by atoms with E-state index < -0.39 is 0 Å². The number of aromatic nitrogens is 3. The number of nitrogens with zero attached hydrogens (tertiary/aromatic N) is 3. The number of carbonyl (C=O) groups is 1. The maximum atomic E-state index is 12.6. The zero-order valence-electron chi connectivity index (χ0n) is 14.6. The zero-order chi connectivity index (χ0) is 17.8. The van der Waals surface area contributed by atoms with E-state index in [0.29, 0.717) is 18.1 Å². The van der Waals surface area contributed by atoms with Gasteiger partial charge in [-0.3, -0.25) is 4.79 Å². The molecule has 0 saturated heterocycles. The number of ketones is 1. The standard InChI is InChI=1S/C18H21N3O3S/c1-12-9-15(13(2)21(12)6-4-7-23-3)16(22)10-24-17-14-5-8-25-18(14)20-11-19-17/h5,8-9,11H,4,6-7,10H2,1-3H3. The fourth-order valence-electron chi connectivity index (χ4n) is 2.89. The smallest absolute Gasteiger partial charge is 0.225 e. The second-order valence-electron chi connectivity index (χ2n) is 5.81. The van der Waals surface area contributed by atoms with Gasteiger partial charge in [0.1, 0.15) is 11.2 Å². The van der Waals surface area contributed by atoms with Crippen LogP contribution in [0.4, 0.5) is 0 Å². The molecule has 0 radical (unpaired) electrons. The summed E-state index contributed by atoms with van der Waals surface area (Å²) in [6.07, 6.45) is 2.37. The van der Waals surface area contributed by atoms with Gasteiger partial charge in [0.25, 0.3) is 0 Å². The summed E-state index contributed by atoms with van der Waals surface area (Å²) in [6.45, 7) is 5.48. The number of aryl methyl sites for hydroxylation is 1. The minimum Gasteiger partial charge on any atom is -0.469 e. The molecule has 0 amide bonds. The summed E-state index contributed by atoms with van der Waals surface area (Å²) in [5.74, 6) is 0.404. The molecule has 0 saturated carbocycles. The van der Waals surface area contributed by atoms with Crippen LogP contribution in [0.5, 0.6) is 5.88 Å². The lowest BCUT2D eigenvalue weighted by molar-refractivity contribution is 0.0918. The van der Waals surface area contributed by atoms with E-state index in [1.165, 1.54) is 17.7 Å².